The first-order valence-corrected chi connectivity index (χ1v) is 5.55. The highest BCUT2D eigenvalue weighted by atomic mass is 35.5. The summed E-state index contributed by atoms with van der Waals surface area (Å²) in [7, 11) is 0. The fourth-order valence-electron chi connectivity index (χ4n) is 1.83. The molecule has 0 radical (unpaired) electrons. The van der Waals surface area contributed by atoms with Crippen molar-refractivity contribution in [3.05, 3.63) is 29.3 Å². The number of aliphatic hydroxyl groups excluding tert-OH is 1. The van der Waals surface area contributed by atoms with Crippen LogP contribution in [0.25, 0.3) is 0 Å². The lowest BCUT2D eigenvalue weighted by molar-refractivity contribution is -0.118. The van der Waals surface area contributed by atoms with Crippen LogP contribution in [0.3, 0.4) is 0 Å². The molecule has 1 aromatic carbocycles. The average molecular weight is 241 g/mol. The van der Waals surface area contributed by atoms with Gasteiger partial charge < -0.3 is 5.11 Å². The van der Waals surface area contributed by atoms with E-state index in [1.54, 1.807) is 17.1 Å². The molecule has 1 aliphatic rings. The van der Waals surface area contributed by atoms with Crippen LogP contribution in [-0.2, 0) is 4.79 Å². The van der Waals surface area contributed by atoms with Crippen molar-refractivity contribution in [3.8, 4) is 0 Å². The lowest BCUT2D eigenvalue weighted by Gasteiger charge is -2.27. The highest BCUT2D eigenvalue weighted by molar-refractivity contribution is 6.33. The summed E-state index contributed by atoms with van der Waals surface area (Å²) in [5, 5.41) is 12.8. The molecule has 0 atom stereocenters. The van der Waals surface area contributed by atoms with Gasteiger partial charge in [0.05, 0.1) is 17.3 Å². The highest BCUT2D eigenvalue weighted by Crippen LogP contribution is 2.29. The molecule has 5 heteroatoms. The van der Waals surface area contributed by atoms with Crippen LogP contribution < -0.4 is 5.01 Å². The molecule has 1 amide bonds. The lowest BCUT2D eigenvalue weighted by Crippen LogP contribution is -2.40. The van der Waals surface area contributed by atoms with Gasteiger partial charge >= 0.3 is 0 Å². The van der Waals surface area contributed by atoms with E-state index in [1.165, 1.54) is 0 Å². The minimum Gasteiger partial charge on any atom is -0.395 e. The monoisotopic (exact) mass is 240 g/mol. The molecule has 0 saturated carbocycles. The van der Waals surface area contributed by atoms with Crippen molar-refractivity contribution in [2.45, 2.75) is 6.42 Å². The maximum absolute atomic E-state index is 11.8. The van der Waals surface area contributed by atoms with E-state index < -0.39 is 0 Å². The minimum absolute atomic E-state index is 0.0153. The number of hydrogen-bond donors (Lipinski definition) is 1. The van der Waals surface area contributed by atoms with Crippen molar-refractivity contribution in [1.29, 1.82) is 0 Å². The molecule has 4 nitrogen and oxygen atoms in total. The van der Waals surface area contributed by atoms with E-state index in [0.29, 0.717) is 30.2 Å². The fourth-order valence-corrected chi connectivity index (χ4v) is 2.04. The van der Waals surface area contributed by atoms with Crippen LogP contribution in [0.5, 0.6) is 0 Å². The molecule has 1 aromatic rings. The molecule has 0 spiro atoms. The second-order valence-electron chi connectivity index (χ2n) is 3.58. The number of hydrazine groups is 1. The molecule has 1 saturated heterocycles. The number of rotatable bonds is 3. The smallest absolute Gasteiger partial charge is 0.242 e. The Kier molecular flexibility index (Phi) is 3.43. The predicted molar refractivity (Wildman–Crippen MR) is 62.2 cm³/mol. The fraction of sp³-hybridized carbons (Fsp3) is 0.364. The van der Waals surface area contributed by atoms with E-state index in [0.717, 1.165) is 0 Å². The van der Waals surface area contributed by atoms with Gasteiger partial charge in [0.2, 0.25) is 5.91 Å². The van der Waals surface area contributed by atoms with Crippen LogP contribution in [0.2, 0.25) is 5.02 Å². The zero-order chi connectivity index (χ0) is 11.5. The van der Waals surface area contributed by atoms with Gasteiger partial charge in [-0.1, -0.05) is 23.7 Å². The molecule has 16 heavy (non-hydrogen) atoms. The van der Waals surface area contributed by atoms with Crippen LogP contribution in [0.15, 0.2) is 24.3 Å². The molecule has 0 bridgehead atoms. The van der Waals surface area contributed by atoms with E-state index >= 15 is 0 Å². The number of nitrogens with zero attached hydrogens (tertiary/aromatic N) is 2. The zero-order valence-electron chi connectivity index (χ0n) is 8.77. The molecular formula is C11H13ClN2O2. The molecule has 2 rings (SSSR count). The molecule has 86 valence electrons. The van der Waals surface area contributed by atoms with Crippen LogP contribution >= 0.6 is 11.6 Å². The van der Waals surface area contributed by atoms with Crippen molar-refractivity contribution < 1.29 is 9.90 Å². The SMILES string of the molecule is O=C1CCN(CCO)N1c1ccccc1Cl. The molecule has 1 fully saturated rings. The van der Waals surface area contributed by atoms with Gasteiger partial charge in [0.15, 0.2) is 0 Å². The Morgan fingerprint density at radius 1 is 1.38 bits per heavy atom. The summed E-state index contributed by atoms with van der Waals surface area (Å²) in [5.41, 5.74) is 0.681. The number of hydrogen-bond acceptors (Lipinski definition) is 3. The number of carbonyl (C=O) groups is 1. The summed E-state index contributed by atoms with van der Waals surface area (Å²) in [4.78, 5) is 11.8. The Hall–Kier alpha value is -1.10. The van der Waals surface area contributed by atoms with Crippen molar-refractivity contribution in [1.82, 2.24) is 5.01 Å². The minimum atomic E-state index is 0.0153. The van der Waals surface area contributed by atoms with Crippen LogP contribution in [0.1, 0.15) is 6.42 Å². The number of para-hydroxylation sites is 1. The van der Waals surface area contributed by atoms with Gasteiger partial charge in [-0.3, -0.25) is 4.79 Å². The van der Waals surface area contributed by atoms with E-state index in [2.05, 4.69) is 0 Å². The molecule has 0 aliphatic carbocycles. The summed E-state index contributed by atoms with van der Waals surface area (Å²) in [6.45, 7) is 1.09. The molecular weight excluding hydrogens is 228 g/mol. The number of benzene rings is 1. The topological polar surface area (TPSA) is 43.8 Å². The number of halogens is 1. The van der Waals surface area contributed by atoms with Crippen molar-refractivity contribution in [3.63, 3.8) is 0 Å². The van der Waals surface area contributed by atoms with Gasteiger partial charge in [-0.2, -0.15) is 0 Å². The third-order valence-electron chi connectivity index (χ3n) is 2.54. The molecule has 1 aliphatic heterocycles. The first kappa shape index (κ1) is 11.4. The normalized spacial score (nSPS) is 17.1. The van der Waals surface area contributed by atoms with Crippen molar-refractivity contribution >= 4 is 23.2 Å². The Morgan fingerprint density at radius 3 is 2.81 bits per heavy atom. The van der Waals surface area contributed by atoms with E-state index in [-0.39, 0.29) is 12.5 Å². The third kappa shape index (κ3) is 2.04. The second-order valence-corrected chi connectivity index (χ2v) is 3.99. The molecule has 1 N–H and O–H groups in total. The molecule has 0 aromatic heterocycles. The van der Waals surface area contributed by atoms with Crippen molar-refractivity contribution in [2.24, 2.45) is 0 Å². The van der Waals surface area contributed by atoms with Gasteiger partial charge in [0, 0.05) is 19.5 Å². The number of amides is 1. The number of aliphatic hydroxyl groups is 1. The standard InChI is InChI=1S/C11H13ClN2O2/c12-9-3-1-2-4-10(9)14-11(16)5-6-13(14)7-8-15/h1-4,15H,5-8H2. The van der Waals surface area contributed by atoms with E-state index in [4.69, 9.17) is 16.7 Å². The zero-order valence-corrected chi connectivity index (χ0v) is 9.52. The first-order chi connectivity index (χ1) is 7.74. The van der Waals surface area contributed by atoms with Gasteiger partial charge in [-0.15, -0.1) is 0 Å². The Labute approximate surface area is 99.0 Å². The predicted octanol–water partition coefficient (Wildman–Crippen LogP) is 1.29. The summed E-state index contributed by atoms with van der Waals surface area (Å²) in [6, 6.07) is 7.21. The van der Waals surface area contributed by atoms with Crippen LogP contribution in [0.4, 0.5) is 5.69 Å². The Morgan fingerprint density at radius 2 is 2.12 bits per heavy atom. The Balaban J connectivity index is 2.30. The second kappa shape index (κ2) is 4.82. The first-order valence-electron chi connectivity index (χ1n) is 5.17. The van der Waals surface area contributed by atoms with Crippen LogP contribution in [-0.4, -0.2) is 35.7 Å². The third-order valence-corrected chi connectivity index (χ3v) is 2.86. The largest absolute Gasteiger partial charge is 0.395 e. The van der Waals surface area contributed by atoms with Gasteiger partial charge in [0.25, 0.3) is 0 Å². The quantitative estimate of drug-likeness (QED) is 0.866. The lowest BCUT2D eigenvalue weighted by atomic mass is 10.3. The molecule has 1 heterocycles. The van der Waals surface area contributed by atoms with Gasteiger partial charge in [-0.05, 0) is 12.1 Å². The maximum Gasteiger partial charge on any atom is 0.242 e. The van der Waals surface area contributed by atoms with E-state index in [1.807, 2.05) is 17.1 Å². The number of carbonyl (C=O) groups excluding carboxylic acids is 1. The number of anilines is 1. The van der Waals surface area contributed by atoms with Gasteiger partial charge in [0.1, 0.15) is 0 Å². The highest BCUT2D eigenvalue weighted by Gasteiger charge is 2.30. The molecule has 0 unspecified atom stereocenters. The van der Waals surface area contributed by atoms with Gasteiger partial charge in [-0.25, -0.2) is 10.0 Å². The van der Waals surface area contributed by atoms with Crippen molar-refractivity contribution in [2.75, 3.05) is 24.7 Å². The van der Waals surface area contributed by atoms with Crippen LogP contribution in [0, 0.1) is 0 Å². The summed E-state index contributed by atoms with van der Waals surface area (Å²) in [6.07, 6.45) is 0.464. The summed E-state index contributed by atoms with van der Waals surface area (Å²) >= 11 is 6.05. The average Bonchev–Trinajstić information content (AvgIpc) is 2.62. The van der Waals surface area contributed by atoms with E-state index in [9.17, 15) is 4.79 Å². The summed E-state index contributed by atoms with van der Waals surface area (Å²) in [5.74, 6) is 0.0153. The number of β-amino-alcohol motifs (C(OH)–C–C–N with tert-alkyl or cyclic N) is 1. The maximum atomic E-state index is 11.8. The Bertz CT molecular complexity index is 397. The summed E-state index contributed by atoms with van der Waals surface area (Å²) < 4.78 is 0.